The summed E-state index contributed by atoms with van der Waals surface area (Å²) < 4.78 is 37.8. The van der Waals surface area contributed by atoms with Gasteiger partial charge in [-0.15, -0.1) is 0 Å². The molecule has 0 spiro atoms. The fourth-order valence-corrected chi connectivity index (χ4v) is 3.35. The zero-order valence-corrected chi connectivity index (χ0v) is 17.5. The Balaban J connectivity index is 3.01. The predicted molar refractivity (Wildman–Crippen MR) is 99.6 cm³/mol. The number of phosphoric acid groups is 1. The third kappa shape index (κ3) is 9.07. The lowest BCUT2D eigenvalue weighted by molar-refractivity contribution is -0.384. The van der Waals surface area contributed by atoms with E-state index in [0.717, 1.165) is 24.3 Å². The minimum absolute atomic E-state index is 0.113. The highest BCUT2D eigenvalue weighted by Gasteiger charge is 2.37. The van der Waals surface area contributed by atoms with Crippen molar-refractivity contribution < 1.29 is 52.3 Å². The van der Waals surface area contributed by atoms with Gasteiger partial charge in [0.2, 0.25) is 0 Å². The van der Waals surface area contributed by atoms with Gasteiger partial charge in [0, 0.05) is 12.1 Å². The van der Waals surface area contributed by atoms with E-state index in [4.69, 9.17) is 23.8 Å². The molecular weight excluding hydrogens is 429 g/mol. The number of nitro benzene ring substituents is 1. The minimum Gasteiger partial charge on any atom is -0.450 e. The Morgan fingerprint density at radius 3 is 1.70 bits per heavy atom. The molecule has 0 saturated carbocycles. The Hall–Kier alpha value is -2.89. The first kappa shape index (κ1) is 25.1. The normalized spacial score (nSPS) is 12.1. The second-order valence-corrected chi connectivity index (χ2v) is 8.69. The van der Waals surface area contributed by atoms with Gasteiger partial charge in [-0.2, -0.15) is 0 Å². The molecule has 1 aromatic rings. The third-order valence-electron chi connectivity index (χ3n) is 3.13. The molecule has 168 valence electrons. The summed E-state index contributed by atoms with van der Waals surface area (Å²) in [5, 5.41) is 28.2. The molecule has 0 aliphatic carbocycles. The Bertz CT molecular complexity index is 784. The summed E-state index contributed by atoms with van der Waals surface area (Å²) in [6, 6.07) is 4.48. The van der Waals surface area contributed by atoms with E-state index in [1.165, 1.54) is 27.7 Å². The smallest absolute Gasteiger partial charge is 0.450 e. The highest BCUT2D eigenvalue weighted by molar-refractivity contribution is 7.48. The van der Waals surface area contributed by atoms with Gasteiger partial charge in [-0.1, -0.05) is 0 Å². The van der Waals surface area contributed by atoms with E-state index in [2.05, 4.69) is 9.47 Å². The van der Waals surface area contributed by atoms with Crippen molar-refractivity contribution >= 4 is 25.8 Å². The summed E-state index contributed by atoms with van der Waals surface area (Å²) in [6.45, 7) is 4.26. The molecule has 0 aromatic heterocycles. The number of hydrogen-bond donors (Lipinski definition) is 2. The standard InChI is InChI=1S/C16H22NO12P/c1-15(2,27-13(18)19)9-25-30(24,26-10-16(3,4)28-14(20)21)29-12-7-5-11(6-8-12)17(22)23/h5-8H,9-10H2,1-4H3,(H,18,19)(H,20,21). The van der Waals surface area contributed by atoms with Crippen LogP contribution in [-0.4, -0.2) is 51.9 Å². The van der Waals surface area contributed by atoms with Crippen LogP contribution in [0.5, 0.6) is 5.75 Å². The van der Waals surface area contributed by atoms with Crippen molar-refractivity contribution in [3.05, 3.63) is 34.4 Å². The van der Waals surface area contributed by atoms with Crippen molar-refractivity contribution in [1.82, 2.24) is 0 Å². The molecule has 0 amide bonds. The summed E-state index contributed by atoms with van der Waals surface area (Å²) in [5.41, 5.74) is -3.11. The van der Waals surface area contributed by atoms with Gasteiger partial charge < -0.3 is 24.2 Å². The van der Waals surface area contributed by atoms with Crippen LogP contribution >= 0.6 is 7.82 Å². The van der Waals surface area contributed by atoms with Crippen LogP contribution in [0.4, 0.5) is 15.3 Å². The first-order valence-electron chi connectivity index (χ1n) is 8.30. The average Bonchev–Trinajstić information content (AvgIpc) is 2.57. The van der Waals surface area contributed by atoms with Crippen LogP contribution in [0, 0.1) is 10.1 Å². The van der Waals surface area contributed by atoms with E-state index in [0.29, 0.717) is 0 Å². The van der Waals surface area contributed by atoms with Gasteiger partial charge in [-0.05, 0) is 39.8 Å². The van der Waals surface area contributed by atoms with Crippen molar-refractivity contribution in [3.8, 4) is 5.75 Å². The zero-order chi connectivity index (χ0) is 23.2. The molecule has 1 rings (SSSR count). The molecule has 0 unspecified atom stereocenters. The second kappa shape index (κ2) is 9.74. The first-order valence-corrected chi connectivity index (χ1v) is 9.76. The number of non-ortho nitro benzene ring substituents is 1. The van der Waals surface area contributed by atoms with Gasteiger partial charge >= 0.3 is 20.1 Å². The van der Waals surface area contributed by atoms with Crippen molar-refractivity contribution in [3.63, 3.8) is 0 Å². The number of benzene rings is 1. The highest BCUT2D eigenvalue weighted by Crippen LogP contribution is 2.51. The molecule has 0 aliphatic rings. The maximum absolute atomic E-state index is 13.1. The molecule has 0 aliphatic heterocycles. The third-order valence-corrected chi connectivity index (χ3v) is 4.46. The number of nitrogens with zero attached hydrogens (tertiary/aromatic N) is 1. The van der Waals surface area contributed by atoms with Crippen molar-refractivity contribution in [2.45, 2.75) is 38.9 Å². The van der Waals surface area contributed by atoms with Crippen molar-refractivity contribution in [2.24, 2.45) is 0 Å². The van der Waals surface area contributed by atoms with E-state index in [1.807, 2.05) is 0 Å². The van der Waals surface area contributed by atoms with Crippen molar-refractivity contribution in [2.75, 3.05) is 13.2 Å². The molecule has 0 radical (unpaired) electrons. The summed E-state index contributed by atoms with van der Waals surface area (Å²) in [5.74, 6) is -0.113. The number of carbonyl (C=O) groups is 2. The van der Waals surface area contributed by atoms with Crippen LogP contribution in [0.15, 0.2) is 24.3 Å². The van der Waals surface area contributed by atoms with Crippen LogP contribution in [0.2, 0.25) is 0 Å². The fraction of sp³-hybridized carbons (Fsp3) is 0.500. The molecule has 13 nitrogen and oxygen atoms in total. The molecule has 0 bridgehead atoms. The Labute approximate surface area is 171 Å². The van der Waals surface area contributed by atoms with Crippen molar-refractivity contribution in [1.29, 1.82) is 0 Å². The number of phosphoric ester groups is 1. The fourth-order valence-electron chi connectivity index (χ4n) is 1.85. The van der Waals surface area contributed by atoms with Crippen LogP contribution in [0.1, 0.15) is 27.7 Å². The van der Waals surface area contributed by atoms with Crippen LogP contribution in [-0.2, 0) is 23.1 Å². The summed E-state index contributed by atoms with van der Waals surface area (Å²) >= 11 is 0. The quantitative estimate of drug-likeness (QED) is 0.213. The van der Waals surface area contributed by atoms with E-state index < -0.39 is 49.5 Å². The molecule has 0 atom stereocenters. The van der Waals surface area contributed by atoms with E-state index in [9.17, 15) is 24.3 Å². The second-order valence-electron chi connectivity index (χ2n) is 7.09. The maximum atomic E-state index is 13.1. The summed E-state index contributed by atoms with van der Waals surface area (Å²) in [4.78, 5) is 31.6. The van der Waals surface area contributed by atoms with E-state index in [-0.39, 0.29) is 11.4 Å². The average molecular weight is 451 g/mol. The number of nitro groups is 1. The highest BCUT2D eigenvalue weighted by atomic mass is 31.2. The molecule has 0 saturated heterocycles. The zero-order valence-electron chi connectivity index (χ0n) is 16.6. The lowest BCUT2D eigenvalue weighted by Crippen LogP contribution is -2.34. The molecule has 0 heterocycles. The largest absolute Gasteiger partial charge is 0.530 e. The Morgan fingerprint density at radius 2 is 1.37 bits per heavy atom. The molecular formula is C16H22NO12P. The van der Waals surface area contributed by atoms with Gasteiger partial charge in [-0.3, -0.25) is 19.2 Å². The number of ether oxygens (including phenoxy) is 2. The Kier molecular flexibility index (Phi) is 8.17. The lowest BCUT2D eigenvalue weighted by Gasteiger charge is -2.28. The van der Waals surface area contributed by atoms with Gasteiger partial charge in [0.15, 0.2) is 0 Å². The topological polar surface area (TPSA) is 181 Å². The predicted octanol–water partition coefficient (Wildman–Crippen LogP) is 4.06. The van der Waals surface area contributed by atoms with Crippen LogP contribution in [0.3, 0.4) is 0 Å². The van der Waals surface area contributed by atoms with Gasteiger partial charge in [0.05, 0.1) is 18.1 Å². The van der Waals surface area contributed by atoms with Crippen LogP contribution < -0.4 is 4.52 Å². The van der Waals surface area contributed by atoms with E-state index >= 15 is 0 Å². The van der Waals surface area contributed by atoms with Gasteiger partial charge in [0.25, 0.3) is 5.69 Å². The number of hydrogen-bond acceptors (Lipinski definition) is 10. The summed E-state index contributed by atoms with van der Waals surface area (Å²) in [7, 11) is -4.48. The molecule has 2 N–H and O–H groups in total. The number of carboxylic acid groups (broad SMARTS) is 2. The maximum Gasteiger partial charge on any atom is 0.530 e. The lowest BCUT2D eigenvalue weighted by atomic mass is 10.2. The molecule has 1 aromatic carbocycles. The van der Waals surface area contributed by atoms with Gasteiger partial charge in [-0.25, -0.2) is 14.2 Å². The number of rotatable bonds is 11. The first-order chi connectivity index (χ1) is 13.6. The summed E-state index contributed by atoms with van der Waals surface area (Å²) in [6.07, 6.45) is -3.18. The van der Waals surface area contributed by atoms with E-state index in [1.54, 1.807) is 0 Å². The monoisotopic (exact) mass is 451 g/mol. The molecule has 0 fully saturated rings. The molecule has 30 heavy (non-hydrogen) atoms. The SMILES string of the molecule is CC(C)(COP(=O)(OCC(C)(C)OC(=O)O)Oc1ccc([N+](=O)[O-])cc1)OC(=O)O. The van der Waals surface area contributed by atoms with Gasteiger partial charge in [0.1, 0.15) is 17.0 Å². The van der Waals surface area contributed by atoms with Crippen LogP contribution in [0.25, 0.3) is 0 Å². The Morgan fingerprint density at radius 1 is 0.967 bits per heavy atom. The molecule has 14 heteroatoms. The minimum atomic E-state index is -4.48.